The Labute approximate surface area is 262 Å². The molecule has 2 aliphatic heterocycles. The van der Waals surface area contributed by atoms with Gasteiger partial charge in [-0.2, -0.15) is 0 Å². The first-order valence-corrected chi connectivity index (χ1v) is 15.5. The van der Waals surface area contributed by atoms with E-state index >= 15 is 0 Å². The van der Waals surface area contributed by atoms with Gasteiger partial charge in [-0.25, -0.2) is 0 Å². The van der Waals surface area contributed by atoms with E-state index in [-0.39, 0.29) is 29.8 Å². The average Bonchev–Trinajstić information content (AvgIpc) is 2.98. The normalized spacial score (nSPS) is 21.4. The predicted octanol–water partition coefficient (Wildman–Crippen LogP) is 8.41. The zero-order chi connectivity index (χ0) is 29.7. The molecule has 8 heteroatoms. The molecule has 0 amide bonds. The van der Waals surface area contributed by atoms with Gasteiger partial charge < -0.3 is 29.2 Å². The number of halogens is 2. The van der Waals surface area contributed by atoms with E-state index in [1.807, 2.05) is 49.4 Å². The molecular weight excluding hydrogens is 664 g/mol. The zero-order valence-corrected chi connectivity index (χ0v) is 27.0. The van der Waals surface area contributed by atoms with E-state index in [9.17, 15) is 10.2 Å². The van der Waals surface area contributed by atoms with Gasteiger partial charge in [0.1, 0.15) is 23.7 Å². The smallest absolute Gasteiger partial charge is 0.164 e. The van der Waals surface area contributed by atoms with Gasteiger partial charge in [0.15, 0.2) is 11.5 Å². The fraction of sp³-hybridized carbons (Fsp3) is 0.294. The number of hydrogen-bond donors (Lipinski definition) is 2. The third-order valence-electron chi connectivity index (χ3n) is 8.13. The largest absolute Gasteiger partial charge is 0.504 e. The van der Waals surface area contributed by atoms with Crippen LogP contribution in [0.2, 0.25) is 0 Å². The second-order valence-electron chi connectivity index (χ2n) is 10.9. The average molecular weight is 696 g/mol. The van der Waals surface area contributed by atoms with Crippen LogP contribution in [0.25, 0.3) is 11.1 Å². The van der Waals surface area contributed by atoms with Crippen molar-refractivity contribution in [1.82, 2.24) is 0 Å². The fourth-order valence-electron chi connectivity index (χ4n) is 6.31. The van der Waals surface area contributed by atoms with Crippen LogP contribution in [-0.2, 0) is 22.3 Å². The number of phenols is 2. The van der Waals surface area contributed by atoms with Crippen LogP contribution in [0.5, 0.6) is 23.0 Å². The van der Waals surface area contributed by atoms with E-state index in [0.717, 1.165) is 47.9 Å². The van der Waals surface area contributed by atoms with Gasteiger partial charge in [-0.1, -0.05) is 56.1 Å². The molecule has 0 radical (unpaired) electrons. The topological polar surface area (TPSA) is 77.4 Å². The summed E-state index contributed by atoms with van der Waals surface area (Å²) in [5.41, 5.74) is 7.01. The molecule has 0 aromatic heterocycles. The molecule has 0 unspecified atom stereocenters. The molecule has 218 valence electrons. The third-order valence-corrected chi connectivity index (χ3v) is 9.19. The van der Waals surface area contributed by atoms with Crippen molar-refractivity contribution in [3.05, 3.63) is 103 Å². The Morgan fingerprint density at radius 1 is 0.690 bits per heavy atom. The van der Waals surface area contributed by atoms with Crippen molar-refractivity contribution >= 4 is 31.9 Å². The summed E-state index contributed by atoms with van der Waals surface area (Å²) in [4.78, 5) is 0. The molecule has 2 aliphatic rings. The third kappa shape index (κ3) is 5.08. The molecule has 42 heavy (non-hydrogen) atoms. The van der Waals surface area contributed by atoms with E-state index in [2.05, 4.69) is 50.9 Å². The number of rotatable bonds is 5. The SMILES string of the molecule is COc1cc(OC)c2c(c1-c1cc(O)c(O)c3c1C[C@H](C)O[C@@H]3c1ccc(Br)cc1)C[C@H](C)O[C@@H]2c1ccc(Br)cc1. The highest BCUT2D eigenvalue weighted by atomic mass is 79.9. The van der Waals surface area contributed by atoms with Crippen LogP contribution in [0.1, 0.15) is 59.4 Å². The highest BCUT2D eigenvalue weighted by Crippen LogP contribution is 2.54. The van der Waals surface area contributed by atoms with Gasteiger partial charge in [0.05, 0.1) is 26.4 Å². The summed E-state index contributed by atoms with van der Waals surface area (Å²) >= 11 is 7.05. The number of fused-ring (bicyclic) bond motifs is 2. The van der Waals surface area contributed by atoms with Crippen molar-refractivity contribution in [3.63, 3.8) is 0 Å². The predicted molar refractivity (Wildman–Crippen MR) is 169 cm³/mol. The standard InChI is InChI=1S/C34H32Br2O6/c1-17-13-23-24(15-26(37)32(38)31(23)34(42-17)20-7-11-22(36)12-8-20)29-25-14-18(2)41-33(19-5-9-21(35)10-6-19)30(25)28(40-4)16-27(29)39-3/h5-12,15-18,33-34,37-38H,13-14H2,1-4H3/t17-,18-,33+,34+/m0/s1. The molecular formula is C34H32Br2O6. The van der Waals surface area contributed by atoms with Gasteiger partial charge in [-0.15, -0.1) is 0 Å². The first kappa shape index (κ1) is 29.1. The van der Waals surface area contributed by atoms with Gasteiger partial charge in [0, 0.05) is 31.7 Å². The van der Waals surface area contributed by atoms with E-state index in [0.29, 0.717) is 29.9 Å². The van der Waals surface area contributed by atoms with E-state index in [1.54, 1.807) is 20.3 Å². The molecule has 6 rings (SSSR count). The second-order valence-corrected chi connectivity index (χ2v) is 12.7. The quantitative estimate of drug-likeness (QED) is 0.204. The number of methoxy groups -OCH3 is 2. The van der Waals surface area contributed by atoms with Crippen LogP contribution in [-0.4, -0.2) is 36.6 Å². The van der Waals surface area contributed by atoms with Gasteiger partial charge >= 0.3 is 0 Å². The van der Waals surface area contributed by atoms with Crippen LogP contribution >= 0.6 is 31.9 Å². The van der Waals surface area contributed by atoms with Crippen LogP contribution in [0.4, 0.5) is 0 Å². The van der Waals surface area contributed by atoms with E-state index in [1.165, 1.54) is 0 Å². The number of aromatic hydroxyl groups is 2. The molecule has 0 bridgehead atoms. The summed E-state index contributed by atoms with van der Waals surface area (Å²) in [6, 6.07) is 19.5. The number of ether oxygens (including phenoxy) is 4. The molecule has 2 N–H and O–H groups in total. The minimum absolute atomic E-state index is 0.0963. The lowest BCUT2D eigenvalue weighted by molar-refractivity contribution is 0.00518. The highest BCUT2D eigenvalue weighted by Gasteiger charge is 2.38. The Hall–Kier alpha value is -3.04. The Balaban J connectivity index is 1.64. The van der Waals surface area contributed by atoms with Gasteiger partial charge in [-0.3, -0.25) is 0 Å². The number of hydrogen-bond acceptors (Lipinski definition) is 6. The Bertz CT molecular complexity index is 1630. The maximum atomic E-state index is 11.3. The summed E-state index contributed by atoms with van der Waals surface area (Å²) in [6.07, 6.45) is 0.0191. The van der Waals surface area contributed by atoms with E-state index < -0.39 is 6.10 Å². The molecule has 4 atom stereocenters. The van der Waals surface area contributed by atoms with Crippen molar-refractivity contribution in [2.45, 2.75) is 51.1 Å². The van der Waals surface area contributed by atoms with E-state index in [4.69, 9.17) is 18.9 Å². The molecule has 0 saturated heterocycles. The summed E-state index contributed by atoms with van der Waals surface area (Å²) in [7, 11) is 3.30. The molecule has 0 fully saturated rings. The van der Waals surface area contributed by atoms with Gasteiger partial charge in [-0.05, 0) is 84.8 Å². The molecule has 0 spiro atoms. The molecule has 0 aliphatic carbocycles. The lowest BCUT2D eigenvalue weighted by Crippen LogP contribution is -2.27. The summed E-state index contributed by atoms with van der Waals surface area (Å²) in [6.45, 7) is 4.09. The zero-order valence-electron chi connectivity index (χ0n) is 23.8. The molecule has 2 heterocycles. The number of phenolic OH excluding ortho intramolecular Hbond substituents is 2. The number of benzene rings is 4. The van der Waals surface area contributed by atoms with Crippen molar-refractivity contribution in [2.75, 3.05) is 14.2 Å². The molecule has 4 aromatic rings. The lowest BCUT2D eigenvalue weighted by Gasteiger charge is -2.36. The monoisotopic (exact) mass is 694 g/mol. The summed E-state index contributed by atoms with van der Waals surface area (Å²) < 4.78 is 26.8. The van der Waals surface area contributed by atoms with Gasteiger partial charge in [0.2, 0.25) is 0 Å². The fourth-order valence-corrected chi connectivity index (χ4v) is 6.84. The Morgan fingerprint density at radius 2 is 1.19 bits per heavy atom. The minimum atomic E-state index is -0.555. The Morgan fingerprint density at radius 3 is 1.71 bits per heavy atom. The molecule has 6 nitrogen and oxygen atoms in total. The van der Waals surface area contributed by atoms with Crippen molar-refractivity contribution in [2.24, 2.45) is 0 Å². The molecule has 0 saturated carbocycles. The summed E-state index contributed by atoms with van der Waals surface area (Å²) in [5, 5.41) is 22.4. The van der Waals surface area contributed by atoms with Crippen molar-refractivity contribution < 1.29 is 29.2 Å². The lowest BCUT2D eigenvalue weighted by atomic mass is 9.79. The van der Waals surface area contributed by atoms with Crippen LogP contribution < -0.4 is 9.47 Å². The van der Waals surface area contributed by atoms with Crippen LogP contribution in [0.15, 0.2) is 69.6 Å². The molecule has 4 aromatic carbocycles. The first-order valence-electron chi connectivity index (χ1n) is 13.9. The highest BCUT2D eigenvalue weighted by molar-refractivity contribution is 9.10. The Kier molecular flexibility index (Phi) is 8.00. The first-order chi connectivity index (χ1) is 20.2. The van der Waals surface area contributed by atoms with Crippen LogP contribution in [0.3, 0.4) is 0 Å². The minimum Gasteiger partial charge on any atom is -0.504 e. The van der Waals surface area contributed by atoms with Crippen molar-refractivity contribution in [1.29, 1.82) is 0 Å². The maximum Gasteiger partial charge on any atom is 0.164 e. The summed E-state index contributed by atoms with van der Waals surface area (Å²) in [5.74, 6) is 0.923. The van der Waals surface area contributed by atoms with Crippen molar-refractivity contribution in [3.8, 4) is 34.1 Å². The second kappa shape index (κ2) is 11.6. The van der Waals surface area contributed by atoms with Gasteiger partial charge in [0.25, 0.3) is 0 Å². The van der Waals surface area contributed by atoms with Crippen LogP contribution in [0, 0.1) is 0 Å². The maximum absolute atomic E-state index is 11.3.